The van der Waals surface area contributed by atoms with Gasteiger partial charge in [0.25, 0.3) is 5.91 Å². The van der Waals surface area contributed by atoms with Crippen molar-refractivity contribution in [1.29, 1.82) is 0 Å². The molecule has 2 bridgehead atoms. The molecule has 2 amide bonds. The first-order chi connectivity index (χ1) is 15.5. The zero-order valence-electron chi connectivity index (χ0n) is 18.5. The maximum atomic E-state index is 13.1. The zero-order chi connectivity index (χ0) is 22.2. The summed E-state index contributed by atoms with van der Waals surface area (Å²) in [7, 11) is 1.64. The van der Waals surface area contributed by atoms with E-state index in [-0.39, 0.29) is 11.9 Å². The van der Waals surface area contributed by atoms with Gasteiger partial charge in [0.2, 0.25) is 0 Å². The molecule has 0 radical (unpaired) electrons. The quantitative estimate of drug-likeness (QED) is 0.541. The third-order valence-electron chi connectivity index (χ3n) is 7.90. The molecule has 4 N–H and O–H groups in total. The van der Waals surface area contributed by atoms with E-state index in [9.17, 15) is 9.59 Å². The van der Waals surface area contributed by atoms with E-state index in [1.54, 1.807) is 13.2 Å². The topological polar surface area (TPSA) is 116 Å². The molecule has 0 spiro atoms. The van der Waals surface area contributed by atoms with Crippen LogP contribution in [0.3, 0.4) is 0 Å². The minimum Gasteiger partial charge on any atom is -0.494 e. The van der Waals surface area contributed by atoms with E-state index < -0.39 is 6.09 Å². The fourth-order valence-electron chi connectivity index (χ4n) is 6.21. The van der Waals surface area contributed by atoms with Crippen LogP contribution < -0.4 is 15.4 Å². The Morgan fingerprint density at radius 1 is 1.16 bits per heavy atom. The number of hydrogen-bond acceptors (Lipinski definition) is 4. The molecule has 172 valence electrons. The summed E-state index contributed by atoms with van der Waals surface area (Å²) in [4.78, 5) is 32.3. The van der Waals surface area contributed by atoms with Crippen molar-refractivity contribution in [2.75, 3.05) is 13.7 Å². The van der Waals surface area contributed by atoms with Crippen LogP contribution in [0.2, 0.25) is 0 Å². The van der Waals surface area contributed by atoms with E-state index in [0.717, 1.165) is 42.9 Å². The first-order valence-electron chi connectivity index (χ1n) is 11.9. The average Bonchev–Trinajstić information content (AvgIpc) is 3.52. The van der Waals surface area contributed by atoms with Gasteiger partial charge in [-0.2, -0.15) is 0 Å². The molecule has 0 saturated heterocycles. The number of aromatic amines is 1. The Hall–Kier alpha value is -2.77. The van der Waals surface area contributed by atoms with Gasteiger partial charge in [-0.15, -0.1) is 0 Å². The number of hydrogen-bond donors (Lipinski definition) is 4. The highest BCUT2D eigenvalue weighted by molar-refractivity contribution is 6.06. The molecule has 3 aliphatic carbocycles. The van der Waals surface area contributed by atoms with E-state index in [2.05, 4.69) is 15.6 Å². The number of ether oxygens (including phenoxy) is 1. The van der Waals surface area contributed by atoms with Crippen LogP contribution in [-0.4, -0.2) is 46.8 Å². The Kier molecular flexibility index (Phi) is 5.69. The molecule has 3 atom stereocenters. The molecule has 8 heteroatoms. The summed E-state index contributed by atoms with van der Waals surface area (Å²) >= 11 is 0. The van der Waals surface area contributed by atoms with Gasteiger partial charge < -0.3 is 25.5 Å². The molecule has 8 nitrogen and oxygen atoms in total. The van der Waals surface area contributed by atoms with Gasteiger partial charge in [0.1, 0.15) is 22.6 Å². The normalized spacial score (nSPS) is 29.2. The summed E-state index contributed by atoms with van der Waals surface area (Å²) in [6.45, 7) is 0.593. The second kappa shape index (κ2) is 8.64. The number of amides is 2. The number of nitrogens with one attached hydrogen (secondary N) is 3. The Labute approximate surface area is 187 Å². The number of nitrogens with zero attached hydrogens (tertiary/aromatic N) is 1. The molecule has 1 heterocycles. The molecule has 1 aromatic carbocycles. The van der Waals surface area contributed by atoms with Crippen molar-refractivity contribution in [3.05, 3.63) is 23.5 Å². The fraction of sp³-hybridized carbons (Fsp3) is 0.625. The molecule has 1 aromatic heterocycles. The maximum absolute atomic E-state index is 13.1. The van der Waals surface area contributed by atoms with Crippen LogP contribution in [0.4, 0.5) is 4.79 Å². The predicted octanol–water partition coefficient (Wildman–Crippen LogP) is 4.03. The molecule has 3 fully saturated rings. The molecule has 32 heavy (non-hydrogen) atoms. The highest BCUT2D eigenvalue weighted by Gasteiger charge is 2.41. The molecular weight excluding hydrogens is 408 g/mol. The number of aromatic nitrogens is 2. The number of carbonyl (C=O) groups excluding carboxylic acids is 1. The molecule has 5 rings (SSSR count). The van der Waals surface area contributed by atoms with Gasteiger partial charge in [-0.25, -0.2) is 9.78 Å². The summed E-state index contributed by atoms with van der Waals surface area (Å²) in [6.07, 6.45) is 7.57. The van der Waals surface area contributed by atoms with Gasteiger partial charge in [0, 0.05) is 18.5 Å². The first kappa shape index (κ1) is 21.1. The number of methoxy groups -OCH3 is 1. The Morgan fingerprint density at radius 3 is 2.62 bits per heavy atom. The predicted molar refractivity (Wildman–Crippen MR) is 120 cm³/mol. The van der Waals surface area contributed by atoms with Crippen LogP contribution in [0.25, 0.3) is 11.0 Å². The lowest BCUT2D eigenvalue weighted by molar-refractivity contribution is 0.0944. The number of benzene rings is 1. The third-order valence-corrected chi connectivity index (χ3v) is 7.90. The van der Waals surface area contributed by atoms with Crippen molar-refractivity contribution >= 4 is 23.0 Å². The van der Waals surface area contributed by atoms with Crippen LogP contribution in [0.5, 0.6) is 5.75 Å². The molecule has 1 unspecified atom stereocenters. The highest BCUT2D eigenvalue weighted by atomic mass is 16.5. The number of carboxylic acid groups (broad SMARTS) is 1. The van der Waals surface area contributed by atoms with E-state index in [4.69, 9.17) is 14.8 Å². The van der Waals surface area contributed by atoms with E-state index in [1.165, 1.54) is 25.7 Å². The van der Waals surface area contributed by atoms with Crippen molar-refractivity contribution in [1.82, 2.24) is 20.6 Å². The maximum Gasteiger partial charge on any atom is 0.404 e. The van der Waals surface area contributed by atoms with Gasteiger partial charge in [-0.3, -0.25) is 4.79 Å². The summed E-state index contributed by atoms with van der Waals surface area (Å²) in [6, 6.07) is 3.66. The van der Waals surface area contributed by atoms with Gasteiger partial charge in [-0.05, 0) is 74.8 Å². The molecule has 2 aromatic rings. The zero-order valence-corrected chi connectivity index (χ0v) is 18.5. The van der Waals surface area contributed by atoms with E-state index in [1.807, 2.05) is 6.07 Å². The minimum atomic E-state index is -0.964. The summed E-state index contributed by atoms with van der Waals surface area (Å²) in [5, 5.41) is 14.5. The van der Waals surface area contributed by atoms with Gasteiger partial charge >= 0.3 is 6.09 Å². The second-order valence-corrected chi connectivity index (χ2v) is 9.82. The Balaban J connectivity index is 1.28. The Morgan fingerprint density at radius 2 is 1.97 bits per heavy atom. The number of carbonyl (C=O) groups is 2. The lowest BCUT2D eigenvalue weighted by Crippen LogP contribution is -2.39. The average molecular weight is 441 g/mol. The first-order valence-corrected chi connectivity index (χ1v) is 11.9. The monoisotopic (exact) mass is 440 g/mol. The van der Waals surface area contributed by atoms with Crippen molar-refractivity contribution in [2.24, 2.45) is 17.8 Å². The van der Waals surface area contributed by atoms with Crippen LogP contribution in [0, 0.1) is 17.8 Å². The largest absolute Gasteiger partial charge is 0.494 e. The van der Waals surface area contributed by atoms with Crippen LogP contribution in [-0.2, 0) is 0 Å². The van der Waals surface area contributed by atoms with Crippen LogP contribution in [0.15, 0.2) is 12.1 Å². The van der Waals surface area contributed by atoms with Crippen molar-refractivity contribution in [2.45, 2.75) is 63.3 Å². The van der Waals surface area contributed by atoms with Gasteiger partial charge in [-0.1, -0.05) is 6.42 Å². The highest BCUT2D eigenvalue weighted by Crippen LogP contribution is 2.52. The SMILES string of the molecule is COc1ccc(C(=O)NCC2CCC(NC(=O)O)CC2)c2nc(C3C[C@@H]4CC[C@H]3C4)[nH]c12. The summed E-state index contributed by atoms with van der Waals surface area (Å²) < 4.78 is 5.54. The second-order valence-electron chi connectivity index (χ2n) is 9.82. The van der Waals surface area contributed by atoms with Gasteiger partial charge in [0.15, 0.2) is 0 Å². The lowest BCUT2D eigenvalue weighted by Gasteiger charge is -2.28. The minimum absolute atomic E-state index is 0.0222. The van der Waals surface area contributed by atoms with Crippen LogP contribution in [0.1, 0.15) is 73.5 Å². The molecule has 3 saturated carbocycles. The van der Waals surface area contributed by atoms with Crippen LogP contribution >= 0.6 is 0 Å². The number of rotatable bonds is 6. The smallest absolute Gasteiger partial charge is 0.404 e. The van der Waals surface area contributed by atoms with Crippen molar-refractivity contribution in [3.63, 3.8) is 0 Å². The number of imidazole rings is 1. The Bertz CT molecular complexity index is 1010. The van der Waals surface area contributed by atoms with E-state index >= 15 is 0 Å². The van der Waals surface area contributed by atoms with Crippen molar-refractivity contribution < 1.29 is 19.4 Å². The third kappa shape index (κ3) is 4.02. The summed E-state index contributed by atoms with van der Waals surface area (Å²) in [5.41, 5.74) is 2.07. The molecule has 0 aliphatic heterocycles. The standard InChI is InChI=1S/C24H32N4O4/c1-32-19-9-8-17(23(29)25-12-13-3-6-16(7-4-13)26-24(30)31)20-21(19)28-22(27-20)18-11-14-2-5-15(18)10-14/h8-9,13-16,18,26H,2-7,10-12H2,1H3,(H,25,29)(H,27,28)(H,30,31)/t13?,14-,15+,16?,18?/m1/s1. The molecular formula is C24H32N4O4. The summed E-state index contributed by atoms with van der Waals surface area (Å²) in [5.74, 6) is 3.94. The van der Waals surface area contributed by atoms with E-state index in [0.29, 0.717) is 41.1 Å². The van der Waals surface area contributed by atoms with Gasteiger partial charge in [0.05, 0.1) is 12.7 Å². The number of H-pyrrole nitrogens is 1. The fourth-order valence-corrected chi connectivity index (χ4v) is 6.21. The number of fused-ring (bicyclic) bond motifs is 3. The molecule has 3 aliphatic rings. The lowest BCUT2D eigenvalue weighted by atomic mass is 9.86. The van der Waals surface area contributed by atoms with Crippen molar-refractivity contribution in [3.8, 4) is 5.75 Å².